The minimum Gasteiger partial charge on any atom is -0.505 e. The molecule has 6 heteroatoms. The second-order valence-electron chi connectivity index (χ2n) is 11.5. The molecular formula is C34H32N3O2Pt-. The monoisotopic (exact) mass is 709 g/mol. The number of aromatic nitrogens is 3. The van der Waals surface area contributed by atoms with Crippen molar-refractivity contribution in [2.75, 3.05) is 0 Å². The van der Waals surface area contributed by atoms with Gasteiger partial charge in [-0.3, -0.25) is 0 Å². The van der Waals surface area contributed by atoms with E-state index in [0.29, 0.717) is 17.1 Å². The van der Waals surface area contributed by atoms with Crippen molar-refractivity contribution in [1.29, 1.82) is 0 Å². The van der Waals surface area contributed by atoms with Crippen molar-refractivity contribution < 1.29 is 30.9 Å². The van der Waals surface area contributed by atoms with Gasteiger partial charge in [-0.05, 0) is 64.6 Å². The number of aryl methyl sites for hydroxylation is 1. The van der Waals surface area contributed by atoms with Gasteiger partial charge in [0, 0.05) is 50.0 Å². The van der Waals surface area contributed by atoms with Crippen LogP contribution in [-0.4, -0.2) is 19.6 Å². The number of pyridine rings is 2. The number of hydrogen-bond donors (Lipinski definition) is 1. The molecule has 3 aromatic heterocycles. The number of nitrogens with zero attached hydrogens (tertiary/aromatic N) is 3. The first-order valence-electron chi connectivity index (χ1n) is 13.4. The van der Waals surface area contributed by atoms with E-state index in [1.165, 1.54) is 5.56 Å². The molecule has 0 spiro atoms. The third-order valence-electron chi connectivity index (χ3n) is 7.40. The van der Waals surface area contributed by atoms with E-state index in [2.05, 4.69) is 81.7 Å². The number of phenols is 1. The van der Waals surface area contributed by atoms with Crippen molar-refractivity contribution in [3.8, 4) is 23.2 Å². The molecule has 0 unspecified atom stereocenters. The van der Waals surface area contributed by atoms with Gasteiger partial charge in [0.05, 0.1) is 0 Å². The minimum absolute atomic E-state index is 0. The SMILES string of the molecule is Cc1cc(C(C)C)c(O)c2nc(Oc3[c-]c4c(cc3)c3ccccc3n4-c3cc(C(C)(C)C)ccn3)ccc12.[Pt]. The molecular weight excluding hydrogens is 677 g/mol. The number of rotatable bonds is 4. The van der Waals surface area contributed by atoms with Crippen LogP contribution >= 0.6 is 0 Å². The number of benzene rings is 3. The number of aromatic hydroxyl groups is 1. The van der Waals surface area contributed by atoms with E-state index in [9.17, 15) is 5.11 Å². The van der Waals surface area contributed by atoms with Gasteiger partial charge in [0.25, 0.3) is 0 Å². The molecule has 0 radical (unpaired) electrons. The number of ether oxygens (including phenoxy) is 1. The summed E-state index contributed by atoms with van der Waals surface area (Å²) in [5.41, 5.74) is 5.66. The molecule has 0 amide bonds. The van der Waals surface area contributed by atoms with Gasteiger partial charge in [-0.15, -0.1) is 17.5 Å². The summed E-state index contributed by atoms with van der Waals surface area (Å²) in [4.78, 5) is 9.45. The number of fused-ring (bicyclic) bond motifs is 4. The fourth-order valence-corrected chi connectivity index (χ4v) is 5.24. The molecule has 1 N–H and O–H groups in total. The predicted octanol–water partition coefficient (Wildman–Crippen LogP) is 8.75. The summed E-state index contributed by atoms with van der Waals surface area (Å²) >= 11 is 0. The molecule has 0 aliphatic rings. The zero-order valence-electron chi connectivity index (χ0n) is 23.5. The van der Waals surface area contributed by atoms with Crippen molar-refractivity contribution in [3.63, 3.8) is 0 Å². The van der Waals surface area contributed by atoms with Crippen LogP contribution in [-0.2, 0) is 26.5 Å². The van der Waals surface area contributed by atoms with E-state index in [1.807, 2.05) is 43.5 Å². The van der Waals surface area contributed by atoms with Crippen LogP contribution in [0.15, 0.2) is 72.9 Å². The van der Waals surface area contributed by atoms with E-state index in [0.717, 1.165) is 44.1 Å². The summed E-state index contributed by atoms with van der Waals surface area (Å²) in [7, 11) is 0. The van der Waals surface area contributed by atoms with E-state index in [4.69, 9.17) is 14.7 Å². The van der Waals surface area contributed by atoms with Gasteiger partial charge in [-0.25, -0.2) is 9.97 Å². The zero-order valence-corrected chi connectivity index (χ0v) is 25.8. The Hall–Kier alpha value is -3.69. The fraction of sp³-hybridized carbons (Fsp3) is 0.235. The standard InChI is InChI=1S/C34H32N3O2.Pt/c1-20(2)27-17-21(3)24-13-14-31(36-32(24)33(27)38)39-23-11-12-26-25-9-7-8-10-28(25)37(29(26)19-23)30-18-22(15-16-35-30)34(4,5)6;/h7-18,20,38H,1-6H3;/q-1;. The molecule has 0 aliphatic carbocycles. The Morgan fingerprint density at radius 2 is 1.68 bits per heavy atom. The Balaban J connectivity index is 0.00000323. The van der Waals surface area contributed by atoms with Crippen LogP contribution < -0.4 is 4.74 Å². The third kappa shape index (κ3) is 4.77. The Morgan fingerprint density at radius 1 is 0.925 bits per heavy atom. The predicted molar refractivity (Wildman–Crippen MR) is 158 cm³/mol. The van der Waals surface area contributed by atoms with Crippen molar-refractivity contribution in [1.82, 2.24) is 14.5 Å². The number of phenolic OH excluding ortho intramolecular Hbond substituents is 1. The number of para-hydroxylation sites is 1. The molecule has 3 aromatic carbocycles. The molecule has 6 aromatic rings. The summed E-state index contributed by atoms with van der Waals surface area (Å²) in [5.74, 6) is 2.18. The average molecular weight is 710 g/mol. The summed E-state index contributed by atoms with van der Waals surface area (Å²) in [6, 6.07) is 25.8. The normalized spacial score (nSPS) is 11.9. The van der Waals surface area contributed by atoms with Gasteiger partial charge in [0.2, 0.25) is 5.88 Å². The maximum atomic E-state index is 11.0. The van der Waals surface area contributed by atoms with Crippen LogP contribution in [0.2, 0.25) is 0 Å². The smallest absolute Gasteiger partial charge is 0.217 e. The topological polar surface area (TPSA) is 60.2 Å². The summed E-state index contributed by atoms with van der Waals surface area (Å²) < 4.78 is 8.39. The quantitative estimate of drug-likeness (QED) is 0.186. The van der Waals surface area contributed by atoms with Crippen molar-refractivity contribution in [2.45, 2.75) is 52.9 Å². The fourth-order valence-electron chi connectivity index (χ4n) is 5.24. The van der Waals surface area contributed by atoms with E-state index < -0.39 is 0 Å². The molecule has 0 saturated carbocycles. The molecule has 5 nitrogen and oxygen atoms in total. The van der Waals surface area contributed by atoms with Crippen LogP contribution in [0.3, 0.4) is 0 Å². The first-order chi connectivity index (χ1) is 18.6. The average Bonchev–Trinajstić information content (AvgIpc) is 3.23. The second kappa shape index (κ2) is 10.4. The van der Waals surface area contributed by atoms with E-state index in [1.54, 1.807) is 0 Å². The molecule has 0 atom stereocenters. The van der Waals surface area contributed by atoms with Gasteiger partial charge in [0.1, 0.15) is 17.1 Å². The van der Waals surface area contributed by atoms with Crippen LogP contribution in [0.5, 0.6) is 17.4 Å². The second-order valence-corrected chi connectivity index (χ2v) is 11.5. The first kappa shape index (κ1) is 27.9. The van der Waals surface area contributed by atoms with Crippen LogP contribution in [0.4, 0.5) is 0 Å². The van der Waals surface area contributed by atoms with Crippen molar-refractivity contribution >= 4 is 32.7 Å². The first-order valence-corrected chi connectivity index (χ1v) is 13.4. The van der Waals surface area contributed by atoms with Crippen LogP contribution in [0.25, 0.3) is 38.5 Å². The van der Waals surface area contributed by atoms with Gasteiger partial charge < -0.3 is 14.4 Å². The van der Waals surface area contributed by atoms with E-state index in [-0.39, 0.29) is 38.1 Å². The van der Waals surface area contributed by atoms with E-state index >= 15 is 0 Å². The largest absolute Gasteiger partial charge is 0.505 e. The van der Waals surface area contributed by atoms with Crippen molar-refractivity contribution in [2.24, 2.45) is 0 Å². The van der Waals surface area contributed by atoms with Crippen molar-refractivity contribution in [3.05, 3.63) is 95.7 Å². The molecule has 3 heterocycles. The van der Waals surface area contributed by atoms with Gasteiger partial charge in [0.15, 0.2) is 0 Å². The van der Waals surface area contributed by atoms with Gasteiger partial charge in [-0.1, -0.05) is 64.4 Å². The summed E-state index contributed by atoms with van der Waals surface area (Å²) in [6.07, 6.45) is 1.87. The number of hydrogen-bond acceptors (Lipinski definition) is 4. The molecule has 0 fully saturated rings. The van der Waals surface area contributed by atoms with Crippen LogP contribution in [0.1, 0.15) is 57.2 Å². The summed E-state index contributed by atoms with van der Waals surface area (Å²) in [6.45, 7) is 12.8. The summed E-state index contributed by atoms with van der Waals surface area (Å²) in [5, 5.41) is 14.1. The Labute approximate surface area is 249 Å². The maximum Gasteiger partial charge on any atom is 0.217 e. The van der Waals surface area contributed by atoms with Crippen LogP contribution in [0, 0.1) is 13.0 Å². The molecule has 206 valence electrons. The Bertz CT molecular complexity index is 1880. The molecule has 6 rings (SSSR count). The Kier molecular flexibility index (Phi) is 7.22. The zero-order chi connectivity index (χ0) is 27.5. The Morgan fingerprint density at radius 3 is 2.42 bits per heavy atom. The maximum absolute atomic E-state index is 11.0. The molecule has 0 saturated heterocycles. The molecule has 0 aliphatic heterocycles. The van der Waals surface area contributed by atoms with Gasteiger partial charge >= 0.3 is 0 Å². The van der Waals surface area contributed by atoms with Gasteiger partial charge in [-0.2, -0.15) is 6.07 Å². The third-order valence-corrected chi connectivity index (χ3v) is 7.40. The molecule has 40 heavy (non-hydrogen) atoms. The minimum atomic E-state index is -0.00443. The molecule has 0 bridgehead atoms.